The van der Waals surface area contributed by atoms with E-state index in [1.165, 1.54) is 44.1 Å². The molecule has 0 unspecified atom stereocenters. The van der Waals surface area contributed by atoms with Crippen molar-refractivity contribution in [3.05, 3.63) is 48.0 Å². The van der Waals surface area contributed by atoms with Gasteiger partial charge in [-0.15, -0.1) is 0 Å². The van der Waals surface area contributed by atoms with Crippen LogP contribution in [0.3, 0.4) is 0 Å². The number of ether oxygens (including phenoxy) is 6. The average Bonchev–Trinajstić information content (AvgIpc) is 3.39. The van der Waals surface area contributed by atoms with Crippen molar-refractivity contribution in [3.8, 4) is 0 Å². The molecule has 206 valence electrons. The van der Waals surface area contributed by atoms with Gasteiger partial charge in [0.25, 0.3) is 0 Å². The molecule has 1 saturated heterocycles. The summed E-state index contributed by atoms with van der Waals surface area (Å²) in [5.74, 6) is 0. The van der Waals surface area contributed by atoms with Gasteiger partial charge < -0.3 is 28.4 Å². The third-order valence-electron chi connectivity index (χ3n) is 6.58. The van der Waals surface area contributed by atoms with E-state index in [1.807, 2.05) is 18.2 Å². The minimum Gasteiger partial charge on any atom is -0.377 e. The van der Waals surface area contributed by atoms with Crippen LogP contribution in [0.25, 0.3) is 0 Å². The SMILES string of the molecule is CCCCCCCC/C=C/[C@H](OCOC)[C@H]1CC[C@H]([C@@H](CCCOCc2ccccc2)OCOC)O1. The van der Waals surface area contributed by atoms with Crippen LogP contribution in [0.1, 0.15) is 83.1 Å². The van der Waals surface area contributed by atoms with E-state index in [9.17, 15) is 0 Å². The molecule has 0 radical (unpaired) electrons. The maximum absolute atomic E-state index is 6.48. The van der Waals surface area contributed by atoms with Gasteiger partial charge in [0.1, 0.15) is 19.7 Å². The number of allylic oxidation sites excluding steroid dienone is 1. The van der Waals surface area contributed by atoms with Crippen molar-refractivity contribution in [1.29, 1.82) is 0 Å². The van der Waals surface area contributed by atoms with Crippen LogP contribution in [0.15, 0.2) is 42.5 Å². The number of unbranched alkanes of at least 4 members (excludes halogenated alkanes) is 6. The standard InChI is InChI=1S/C30H50O6/c1-4-5-6-7-8-9-10-14-18-27(34-24-31-2)29-20-21-30(36-29)28(35-25-32-3)19-15-22-33-23-26-16-12-11-13-17-26/h11-14,16-18,27-30H,4-10,15,19-25H2,1-3H3/b18-14+/t27-,28+,29+,30+/m0/s1. The van der Waals surface area contributed by atoms with E-state index in [0.717, 1.165) is 32.1 Å². The van der Waals surface area contributed by atoms with Crippen LogP contribution >= 0.6 is 0 Å². The molecule has 0 amide bonds. The summed E-state index contributed by atoms with van der Waals surface area (Å²) in [5.41, 5.74) is 1.19. The Balaban J connectivity index is 1.77. The zero-order chi connectivity index (χ0) is 25.7. The molecule has 0 spiro atoms. The number of hydrogen-bond acceptors (Lipinski definition) is 6. The lowest BCUT2D eigenvalue weighted by molar-refractivity contribution is -0.150. The third kappa shape index (κ3) is 13.3. The zero-order valence-corrected chi connectivity index (χ0v) is 22.9. The van der Waals surface area contributed by atoms with Gasteiger partial charge >= 0.3 is 0 Å². The monoisotopic (exact) mass is 506 g/mol. The fourth-order valence-electron chi connectivity index (χ4n) is 4.59. The molecule has 4 atom stereocenters. The van der Waals surface area contributed by atoms with Crippen LogP contribution in [0.2, 0.25) is 0 Å². The van der Waals surface area contributed by atoms with Crippen LogP contribution < -0.4 is 0 Å². The van der Waals surface area contributed by atoms with Crippen LogP contribution in [-0.2, 0) is 35.0 Å². The molecule has 1 aromatic carbocycles. The molecule has 1 aliphatic rings. The molecular formula is C30H50O6. The lowest BCUT2D eigenvalue weighted by Gasteiger charge is -2.26. The fourth-order valence-corrected chi connectivity index (χ4v) is 4.59. The molecule has 0 N–H and O–H groups in total. The van der Waals surface area contributed by atoms with Gasteiger partial charge in [0.15, 0.2) is 0 Å². The summed E-state index contributed by atoms with van der Waals surface area (Å²) in [4.78, 5) is 0. The number of rotatable bonds is 22. The highest BCUT2D eigenvalue weighted by atomic mass is 16.7. The lowest BCUT2D eigenvalue weighted by Crippen LogP contribution is -2.34. The minimum atomic E-state index is -0.104. The normalized spacial score (nSPS) is 19.8. The molecule has 36 heavy (non-hydrogen) atoms. The highest BCUT2D eigenvalue weighted by Gasteiger charge is 2.36. The largest absolute Gasteiger partial charge is 0.377 e. The molecule has 1 heterocycles. The summed E-state index contributed by atoms with van der Waals surface area (Å²) in [6.45, 7) is 4.11. The first-order valence-corrected chi connectivity index (χ1v) is 13.9. The molecule has 6 nitrogen and oxygen atoms in total. The van der Waals surface area contributed by atoms with Gasteiger partial charge in [-0.05, 0) is 44.1 Å². The Hall–Kier alpha value is -1.28. The summed E-state index contributed by atoms with van der Waals surface area (Å²) in [5, 5.41) is 0. The van der Waals surface area contributed by atoms with Crippen molar-refractivity contribution in [3.63, 3.8) is 0 Å². The first-order chi connectivity index (χ1) is 17.8. The average molecular weight is 507 g/mol. The predicted octanol–water partition coefficient (Wildman–Crippen LogP) is 6.82. The molecule has 1 fully saturated rings. The van der Waals surface area contributed by atoms with E-state index < -0.39 is 0 Å². The number of benzene rings is 1. The quantitative estimate of drug-likeness (QED) is 0.0977. The molecule has 0 bridgehead atoms. The van der Waals surface area contributed by atoms with Gasteiger partial charge in [-0.3, -0.25) is 0 Å². The van der Waals surface area contributed by atoms with Crippen molar-refractivity contribution in [2.75, 3.05) is 34.4 Å². The molecule has 0 aromatic heterocycles. The molecule has 1 aromatic rings. The van der Waals surface area contributed by atoms with Crippen molar-refractivity contribution in [2.45, 2.75) is 109 Å². The predicted molar refractivity (Wildman–Crippen MR) is 144 cm³/mol. The fraction of sp³-hybridized carbons (Fsp3) is 0.733. The Kier molecular flexibility index (Phi) is 17.8. The Morgan fingerprint density at radius 3 is 2.39 bits per heavy atom. The molecular weight excluding hydrogens is 456 g/mol. The smallest absolute Gasteiger partial charge is 0.147 e. The molecule has 2 rings (SSSR count). The van der Waals surface area contributed by atoms with Crippen molar-refractivity contribution in [2.24, 2.45) is 0 Å². The molecule has 0 aliphatic carbocycles. The van der Waals surface area contributed by atoms with Crippen LogP contribution in [0.4, 0.5) is 0 Å². The Morgan fingerprint density at radius 1 is 0.889 bits per heavy atom. The number of hydrogen-bond donors (Lipinski definition) is 0. The molecule has 0 saturated carbocycles. The van der Waals surface area contributed by atoms with Crippen molar-refractivity contribution in [1.82, 2.24) is 0 Å². The van der Waals surface area contributed by atoms with Crippen LogP contribution in [-0.4, -0.2) is 58.8 Å². The van der Waals surface area contributed by atoms with Gasteiger partial charge in [-0.1, -0.05) is 81.5 Å². The summed E-state index contributed by atoms with van der Waals surface area (Å²) in [7, 11) is 3.31. The van der Waals surface area contributed by atoms with E-state index >= 15 is 0 Å². The molecule has 6 heteroatoms. The highest BCUT2D eigenvalue weighted by Crippen LogP contribution is 2.29. The van der Waals surface area contributed by atoms with Gasteiger partial charge in [-0.2, -0.15) is 0 Å². The summed E-state index contributed by atoms with van der Waals surface area (Å²) in [6.07, 6.45) is 16.9. The topological polar surface area (TPSA) is 55.4 Å². The summed E-state index contributed by atoms with van der Waals surface area (Å²) < 4.78 is 34.7. The second-order valence-corrected chi connectivity index (χ2v) is 9.60. The first-order valence-electron chi connectivity index (χ1n) is 13.9. The Labute approximate surface area is 219 Å². The minimum absolute atomic E-state index is 0.00827. The van der Waals surface area contributed by atoms with Crippen molar-refractivity contribution < 1.29 is 28.4 Å². The molecule has 1 aliphatic heterocycles. The third-order valence-corrected chi connectivity index (χ3v) is 6.58. The van der Waals surface area contributed by atoms with E-state index in [0.29, 0.717) is 13.2 Å². The lowest BCUT2D eigenvalue weighted by atomic mass is 10.0. The maximum atomic E-state index is 6.48. The highest BCUT2D eigenvalue weighted by molar-refractivity contribution is 5.13. The summed E-state index contributed by atoms with van der Waals surface area (Å²) >= 11 is 0. The maximum Gasteiger partial charge on any atom is 0.147 e. The Morgan fingerprint density at radius 2 is 1.61 bits per heavy atom. The van der Waals surface area contributed by atoms with E-state index in [1.54, 1.807) is 14.2 Å². The van der Waals surface area contributed by atoms with Gasteiger partial charge in [-0.25, -0.2) is 0 Å². The zero-order valence-electron chi connectivity index (χ0n) is 22.9. The number of methoxy groups -OCH3 is 2. The van der Waals surface area contributed by atoms with Gasteiger partial charge in [0.05, 0.1) is 24.9 Å². The summed E-state index contributed by atoms with van der Waals surface area (Å²) in [6, 6.07) is 10.3. The van der Waals surface area contributed by atoms with E-state index in [4.69, 9.17) is 28.4 Å². The van der Waals surface area contributed by atoms with Gasteiger partial charge in [0.2, 0.25) is 0 Å². The second-order valence-electron chi connectivity index (χ2n) is 9.60. The Bertz CT molecular complexity index is 652. The first kappa shape index (κ1) is 30.9. The van der Waals surface area contributed by atoms with Crippen molar-refractivity contribution >= 4 is 0 Å². The van der Waals surface area contributed by atoms with Gasteiger partial charge in [0, 0.05) is 20.8 Å². The van der Waals surface area contributed by atoms with E-state index in [2.05, 4.69) is 31.2 Å². The second kappa shape index (κ2) is 20.7. The van der Waals surface area contributed by atoms with Crippen LogP contribution in [0, 0.1) is 0 Å². The van der Waals surface area contributed by atoms with E-state index in [-0.39, 0.29) is 38.0 Å². The van der Waals surface area contributed by atoms with Crippen LogP contribution in [0.5, 0.6) is 0 Å².